The quantitative estimate of drug-likeness (QED) is 0.560. The SMILES string of the molecule is Cc1sc2nc(COC(=O)[C@@H]3CCCN3S(=O)(=O)c3ccc(Cl)cc3)[nH]c(=O)c2c1C. The minimum atomic E-state index is -3.87. The average Bonchev–Trinajstić information content (AvgIpc) is 3.32. The molecule has 164 valence electrons. The van der Waals surface area contributed by atoms with Gasteiger partial charge in [0.05, 0.1) is 10.3 Å². The molecule has 11 heteroatoms. The molecule has 1 aromatic carbocycles. The maximum Gasteiger partial charge on any atom is 0.324 e. The van der Waals surface area contributed by atoms with E-state index < -0.39 is 22.0 Å². The molecule has 1 N–H and O–H groups in total. The van der Waals surface area contributed by atoms with Crippen LogP contribution in [0.5, 0.6) is 0 Å². The van der Waals surface area contributed by atoms with Crippen LogP contribution in [0.25, 0.3) is 10.2 Å². The summed E-state index contributed by atoms with van der Waals surface area (Å²) in [4.78, 5) is 33.7. The number of benzene rings is 1. The van der Waals surface area contributed by atoms with Crippen LogP contribution in [-0.4, -0.2) is 41.2 Å². The number of carbonyl (C=O) groups is 1. The maximum absolute atomic E-state index is 13.0. The van der Waals surface area contributed by atoms with Crippen LogP contribution in [0.4, 0.5) is 0 Å². The zero-order valence-electron chi connectivity index (χ0n) is 16.8. The maximum atomic E-state index is 13.0. The largest absolute Gasteiger partial charge is 0.456 e. The number of aromatic nitrogens is 2. The van der Waals surface area contributed by atoms with Crippen molar-refractivity contribution in [2.45, 2.75) is 44.2 Å². The van der Waals surface area contributed by atoms with Gasteiger partial charge in [0.1, 0.15) is 23.3 Å². The lowest BCUT2D eigenvalue weighted by atomic mass is 10.2. The van der Waals surface area contributed by atoms with Crippen LogP contribution in [-0.2, 0) is 26.2 Å². The van der Waals surface area contributed by atoms with Crippen LogP contribution in [0, 0.1) is 13.8 Å². The standard InChI is InChI=1S/C20H20ClN3O5S2/c1-11-12(2)30-19-17(11)18(25)22-16(23-19)10-29-20(26)15-4-3-9-24(15)31(27,28)14-7-5-13(21)6-8-14/h5-8,15H,3-4,9-10H2,1-2H3,(H,22,23,25)/t15-/m0/s1. The second kappa shape index (κ2) is 8.34. The predicted octanol–water partition coefficient (Wildman–Crippen LogP) is 3.15. The van der Waals surface area contributed by atoms with Gasteiger partial charge in [0.25, 0.3) is 5.56 Å². The molecule has 8 nitrogen and oxygen atoms in total. The zero-order chi connectivity index (χ0) is 22.3. The van der Waals surface area contributed by atoms with Gasteiger partial charge in [-0.2, -0.15) is 4.31 Å². The Balaban J connectivity index is 1.51. The van der Waals surface area contributed by atoms with Crippen LogP contribution in [0.2, 0.25) is 5.02 Å². The third kappa shape index (κ3) is 4.12. The molecular weight excluding hydrogens is 462 g/mol. The Bertz CT molecular complexity index is 1320. The van der Waals surface area contributed by atoms with Gasteiger partial charge in [-0.25, -0.2) is 13.4 Å². The molecule has 0 radical (unpaired) electrons. The average molecular weight is 482 g/mol. The van der Waals surface area contributed by atoms with E-state index in [1.165, 1.54) is 35.6 Å². The molecule has 0 saturated carbocycles. The molecule has 1 fully saturated rings. The lowest BCUT2D eigenvalue weighted by Crippen LogP contribution is -2.41. The van der Waals surface area contributed by atoms with Gasteiger partial charge in [-0.1, -0.05) is 11.6 Å². The van der Waals surface area contributed by atoms with Gasteiger partial charge >= 0.3 is 5.97 Å². The highest BCUT2D eigenvalue weighted by Crippen LogP contribution is 2.28. The number of hydrogen-bond donors (Lipinski definition) is 1. The number of esters is 1. The highest BCUT2D eigenvalue weighted by atomic mass is 35.5. The number of hydrogen-bond acceptors (Lipinski definition) is 7. The molecular formula is C20H20ClN3O5S2. The van der Waals surface area contributed by atoms with E-state index in [-0.39, 0.29) is 29.4 Å². The number of H-pyrrole nitrogens is 1. The van der Waals surface area contributed by atoms with Gasteiger partial charge in [0.2, 0.25) is 10.0 Å². The van der Waals surface area contributed by atoms with Gasteiger partial charge < -0.3 is 9.72 Å². The fourth-order valence-electron chi connectivity index (χ4n) is 3.61. The number of rotatable bonds is 5. The van der Waals surface area contributed by atoms with E-state index in [0.29, 0.717) is 28.1 Å². The van der Waals surface area contributed by atoms with Crippen LogP contribution in [0.15, 0.2) is 34.0 Å². The summed E-state index contributed by atoms with van der Waals surface area (Å²) in [6.45, 7) is 3.75. The second-order valence-electron chi connectivity index (χ2n) is 7.31. The van der Waals surface area contributed by atoms with Gasteiger partial charge in [0.15, 0.2) is 0 Å². The van der Waals surface area contributed by atoms with Crippen LogP contribution < -0.4 is 5.56 Å². The minimum absolute atomic E-state index is 0.0662. The van der Waals surface area contributed by atoms with Crippen molar-refractivity contribution in [2.75, 3.05) is 6.54 Å². The Morgan fingerprint density at radius 1 is 1.32 bits per heavy atom. The summed E-state index contributed by atoms with van der Waals surface area (Å²) in [6, 6.07) is 4.87. The molecule has 3 heterocycles. The molecule has 3 aromatic rings. The first-order valence-corrected chi connectivity index (χ1v) is 12.2. The molecule has 1 aliphatic rings. The Morgan fingerprint density at radius 3 is 2.74 bits per heavy atom. The van der Waals surface area contributed by atoms with Crippen molar-refractivity contribution in [3.05, 3.63) is 55.9 Å². The van der Waals surface area contributed by atoms with Gasteiger partial charge in [0, 0.05) is 16.4 Å². The lowest BCUT2D eigenvalue weighted by Gasteiger charge is -2.22. The Kier molecular flexibility index (Phi) is 5.91. The Morgan fingerprint density at radius 2 is 2.03 bits per heavy atom. The van der Waals surface area contributed by atoms with Crippen molar-refractivity contribution in [3.63, 3.8) is 0 Å². The van der Waals surface area contributed by atoms with Crippen molar-refractivity contribution in [1.82, 2.24) is 14.3 Å². The normalized spacial score (nSPS) is 17.3. The van der Waals surface area contributed by atoms with Crippen LogP contribution in [0.3, 0.4) is 0 Å². The smallest absolute Gasteiger partial charge is 0.324 e. The number of ether oxygens (including phenoxy) is 1. The molecule has 31 heavy (non-hydrogen) atoms. The number of nitrogens with zero attached hydrogens (tertiary/aromatic N) is 2. The van der Waals surface area contributed by atoms with E-state index in [9.17, 15) is 18.0 Å². The number of sulfonamides is 1. The first-order chi connectivity index (χ1) is 14.7. The van der Waals surface area contributed by atoms with E-state index in [0.717, 1.165) is 14.7 Å². The monoisotopic (exact) mass is 481 g/mol. The van der Waals surface area contributed by atoms with Gasteiger partial charge in [-0.3, -0.25) is 9.59 Å². The summed E-state index contributed by atoms with van der Waals surface area (Å²) in [5, 5.41) is 0.958. The van der Waals surface area contributed by atoms with Crippen molar-refractivity contribution >= 4 is 49.1 Å². The molecule has 4 rings (SSSR count). The van der Waals surface area contributed by atoms with E-state index in [2.05, 4.69) is 9.97 Å². The summed E-state index contributed by atoms with van der Waals surface area (Å²) >= 11 is 7.24. The molecule has 0 bridgehead atoms. The highest BCUT2D eigenvalue weighted by Gasteiger charge is 2.40. The van der Waals surface area contributed by atoms with Crippen LogP contribution >= 0.6 is 22.9 Å². The Labute approximate surface area is 187 Å². The third-order valence-corrected chi connectivity index (χ3v) is 8.61. The van der Waals surface area contributed by atoms with Crippen molar-refractivity contribution in [2.24, 2.45) is 0 Å². The third-order valence-electron chi connectivity index (χ3n) is 5.34. The van der Waals surface area contributed by atoms with Crippen molar-refractivity contribution in [1.29, 1.82) is 0 Å². The summed E-state index contributed by atoms with van der Waals surface area (Å²) in [5.41, 5.74) is 0.594. The van der Waals surface area contributed by atoms with Gasteiger partial charge in [-0.15, -0.1) is 11.3 Å². The predicted molar refractivity (Wildman–Crippen MR) is 118 cm³/mol. The zero-order valence-corrected chi connectivity index (χ0v) is 19.2. The highest BCUT2D eigenvalue weighted by molar-refractivity contribution is 7.89. The number of halogens is 1. The van der Waals surface area contributed by atoms with E-state index >= 15 is 0 Å². The molecule has 0 amide bonds. The number of nitrogens with one attached hydrogen (secondary N) is 1. The second-order valence-corrected chi connectivity index (χ2v) is 10.8. The van der Waals surface area contributed by atoms with Crippen molar-refractivity contribution < 1.29 is 17.9 Å². The van der Waals surface area contributed by atoms with E-state index in [4.69, 9.17) is 16.3 Å². The fraction of sp³-hybridized carbons (Fsp3) is 0.350. The summed E-state index contributed by atoms with van der Waals surface area (Å²) in [6.07, 6.45) is 0.902. The lowest BCUT2D eigenvalue weighted by molar-refractivity contribution is -0.149. The van der Waals surface area contributed by atoms with E-state index in [1.54, 1.807) is 0 Å². The van der Waals surface area contributed by atoms with Crippen LogP contribution in [0.1, 0.15) is 29.1 Å². The number of aromatic amines is 1. The molecule has 0 spiro atoms. The van der Waals surface area contributed by atoms with Crippen molar-refractivity contribution in [3.8, 4) is 0 Å². The summed E-state index contributed by atoms with van der Waals surface area (Å²) in [7, 11) is -3.87. The number of aryl methyl sites for hydroxylation is 2. The molecule has 1 saturated heterocycles. The molecule has 0 aliphatic carbocycles. The minimum Gasteiger partial charge on any atom is -0.456 e. The number of fused-ring (bicyclic) bond motifs is 1. The molecule has 2 aromatic heterocycles. The van der Waals surface area contributed by atoms with Gasteiger partial charge in [-0.05, 0) is 56.5 Å². The molecule has 1 aliphatic heterocycles. The Hall–Kier alpha value is -2.27. The molecule has 0 unspecified atom stereocenters. The number of carbonyl (C=O) groups excluding carboxylic acids is 1. The fourth-order valence-corrected chi connectivity index (χ4v) is 6.43. The van der Waals surface area contributed by atoms with E-state index in [1.807, 2.05) is 13.8 Å². The summed E-state index contributed by atoms with van der Waals surface area (Å²) < 4.78 is 32.4. The first-order valence-electron chi connectivity index (χ1n) is 9.61. The summed E-state index contributed by atoms with van der Waals surface area (Å²) in [5.74, 6) is -0.450. The number of thiophene rings is 1. The first kappa shape index (κ1) is 21.9. The molecule has 1 atom stereocenters. The topological polar surface area (TPSA) is 109 Å².